The topological polar surface area (TPSA) is 84.2 Å². The molecule has 0 spiro atoms. The van der Waals surface area contributed by atoms with E-state index in [1.54, 1.807) is 12.1 Å². The number of imidazole rings is 1. The summed E-state index contributed by atoms with van der Waals surface area (Å²) in [5.41, 5.74) is 7.26. The Hall–Kier alpha value is -4.07. The van der Waals surface area contributed by atoms with Crippen molar-refractivity contribution in [3.8, 4) is 11.1 Å². The molecule has 4 aromatic carbocycles. The first-order valence-corrected chi connectivity index (χ1v) is 15.4. The maximum atomic E-state index is 13.5. The number of amides is 1. The smallest absolute Gasteiger partial charge is 0.336 e. The van der Waals surface area contributed by atoms with Gasteiger partial charge in [-0.2, -0.15) is 12.6 Å². The van der Waals surface area contributed by atoms with Crippen molar-refractivity contribution in [3.63, 3.8) is 0 Å². The van der Waals surface area contributed by atoms with E-state index in [9.17, 15) is 14.7 Å². The Morgan fingerprint density at radius 1 is 1.00 bits per heavy atom. The first-order valence-electron chi connectivity index (χ1n) is 14.3. The van der Waals surface area contributed by atoms with Crippen LogP contribution >= 0.6 is 24.2 Å². The number of aromatic carboxylic acids is 1. The van der Waals surface area contributed by atoms with E-state index >= 15 is 0 Å². The van der Waals surface area contributed by atoms with Crippen LogP contribution in [-0.4, -0.2) is 38.3 Å². The van der Waals surface area contributed by atoms with Crippen LogP contribution in [0.1, 0.15) is 56.6 Å². The summed E-state index contributed by atoms with van der Waals surface area (Å²) in [4.78, 5) is 30.2. The second-order valence-electron chi connectivity index (χ2n) is 10.8. The fourth-order valence-corrected chi connectivity index (χ4v) is 5.74. The van der Waals surface area contributed by atoms with E-state index in [1.165, 1.54) is 0 Å². The first-order chi connectivity index (χ1) is 20.8. The van der Waals surface area contributed by atoms with E-state index < -0.39 is 5.97 Å². The molecular weight excluding hydrogens is 578 g/mol. The number of carboxylic acids is 1. The highest BCUT2D eigenvalue weighted by Gasteiger charge is 2.19. The van der Waals surface area contributed by atoms with E-state index in [4.69, 9.17) is 16.6 Å². The van der Waals surface area contributed by atoms with Crippen LogP contribution in [0.3, 0.4) is 0 Å². The molecule has 0 bridgehead atoms. The Morgan fingerprint density at radius 2 is 1.70 bits per heavy atom. The van der Waals surface area contributed by atoms with Crippen molar-refractivity contribution in [2.45, 2.75) is 45.7 Å². The predicted octanol–water partition coefficient (Wildman–Crippen LogP) is 7.64. The quantitative estimate of drug-likeness (QED) is 0.134. The Kier molecular flexibility index (Phi) is 9.53. The van der Waals surface area contributed by atoms with Crippen molar-refractivity contribution in [2.75, 3.05) is 5.75 Å². The number of nitrogens with zero attached hydrogens (tertiary/aromatic N) is 2. The number of carbonyl (C=O) groups excluding carboxylic acids is 1. The van der Waals surface area contributed by atoms with Crippen LogP contribution in [-0.2, 0) is 19.4 Å². The zero-order chi connectivity index (χ0) is 30.5. The fourth-order valence-electron chi connectivity index (χ4n) is 5.39. The summed E-state index contributed by atoms with van der Waals surface area (Å²) in [6.07, 6.45) is 2.40. The molecule has 6 nitrogen and oxygen atoms in total. The average molecular weight is 612 g/mol. The maximum absolute atomic E-state index is 13.5. The third kappa shape index (κ3) is 6.95. The van der Waals surface area contributed by atoms with Crippen LogP contribution < -0.4 is 5.32 Å². The highest BCUT2D eigenvalue weighted by Crippen LogP contribution is 2.27. The SMILES string of the molecule is CCCc1nc2c(C)cc(C(=O)N[C@@H](CS)Cc3ccc(Cl)cc3)cc2n1Cc1ccc(-c2ccccc2C(=O)O)cc1. The molecule has 0 radical (unpaired) electrons. The number of fused-ring (bicyclic) bond motifs is 1. The number of rotatable bonds is 11. The molecular formula is C35H34ClN3O3S. The molecule has 1 atom stereocenters. The Bertz CT molecular complexity index is 1760. The standard InChI is InChI=1S/C35H34ClN3O3S/c1-3-6-32-38-33-22(2)17-26(34(40)37-28(21-43)18-23-11-15-27(36)16-12-23)19-31(33)39(32)20-24-9-13-25(14-10-24)29-7-4-5-8-30(29)35(41)42/h4-5,7-17,19,28,43H,3,6,18,20-21H2,1-2H3,(H,37,40)(H,41,42)/t28-/m1/s1. The molecule has 0 aliphatic heterocycles. The van der Waals surface area contributed by atoms with Gasteiger partial charge in [0.05, 0.1) is 16.6 Å². The first kappa shape index (κ1) is 30.4. The summed E-state index contributed by atoms with van der Waals surface area (Å²) >= 11 is 10.5. The Labute approximate surface area is 262 Å². The van der Waals surface area contributed by atoms with Gasteiger partial charge in [0.2, 0.25) is 0 Å². The van der Waals surface area contributed by atoms with E-state index in [0.717, 1.165) is 52.0 Å². The lowest BCUT2D eigenvalue weighted by Gasteiger charge is -2.17. The molecule has 5 aromatic rings. The van der Waals surface area contributed by atoms with Gasteiger partial charge in [-0.3, -0.25) is 4.79 Å². The Balaban J connectivity index is 1.43. The monoisotopic (exact) mass is 611 g/mol. The molecule has 0 saturated heterocycles. The zero-order valence-electron chi connectivity index (χ0n) is 24.2. The fraction of sp³-hybridized carbons (Fsp3) is 0.229. The molecule has 1 amide bonds. The van der Waals surface area contributed by atoms with Gasteiger partial charge in [0.25, 0.3) is 5.91 Å². The average Bonchev–Trinajstić information content (AvgIpc) is 3.35. The predicted molar refractivity (Wildman–Crippen MR) is 177 cm³/mol. The molecule has 2 N–H and O–H groups in total. The van der Waals surface area contributed by atoms with E-state index in [1.807, 2.05) is 79.7 Å². The molecule has 0 fully saturated rings. The summed E-state index contributed by atoms with van der Waals surface area (Å²) in [5.74, 6) is 0.370. The van der Waals surface area contributed by atoms with E-state index in [-0.39, 0.29) is 17.5 Å². The lowest BCUT2D eigenvalue weighted by atomic mass is 9.98. The minimum atomic E-state index is -0.949. The number of carboxylic acid groups (broad SMARTS) is 1. The third-order valence-electron chi connectivity index (χ3n) is 7.57. The minimum absolute atomic E-state index is 0.140. The van der Waals surface area contributed by atoms with Gasteiger partial charge in [-0.05, 0) is 77.9 Å². The Morgan fingerprint density at radius 3 is 2.37 bits per heavy atom. The van der Waals surface area contributed by atoms with Gasteiger partial charge in [-0.15, -0.1) is 0 Å². The summed E-state index contributed by atoms with van der Waals surface area (Å²) in [5, 5.41) is 13.4. The number of benzene rings is 4. The second-order valence-corrected chi connectivity index (χ2v) is 11.6. The second kappa shape index (κ2) is 13.5. The van der Waals surface area contributed by atoms with Crippen molar-refractivity contribution in [2.24, 2.45) is 0 Å². The van der Waals surface area contributed by atoms with Gasteiger partial charge in [0.15, 0.2) is 0 Å². The number of hydrogen-bond donors (Lipinski definition) is 3. The molecule has 1 aromatic heterocycles. The molecule has 0 unspecified atom stereocenters. The van der Waals surface area contributed by atoms with Crippen LogP contribution in [0.2, 0.25) is 5.02 Å². The number of thiol groups is 1. The van der Waals surface area contributed by atoms with Gasteiger partial charge in [0, 0.05) is 35.3 Å². The summed E-state index contributed by atoms with van der Waals surface area (Å²) in [6, 6.07) is 26.3. The van der Waals surface area contributed by atoms with Crippen LogP contribution in [0, 0.1) is 6.92 Å². The molecule has 0 aliphatic carbocycles. The number of aryl methyl sites for hydroxylation is 2. The number of hydrogen-bond acceptors (Lipinski definition) is 4. The molecule has 5 rings (SSSR count). The number of carbonyl (C=O) groups is 2. The molecule has 0 saturated carbocycles. The van der Waals surface area contributed by atoms with Crippen molar-refractivity contribution in [3.05, 3.63) is 124 Å². The van der Waals surface area contributed by atoms with Crippen molar-refractivity contribution < 1.29 is 14.7 Å². The lowest BCUT2D eigenvalue weighted by molar-refractivity contribution is 0.0697. The van der Waals surface area contributed by atoms with Gasteiger partial charge < -0.3 is 15.0 Å². The highest BCUT2D eigenvalue weighted by atomic mass is 35.5. The number of aromatic nitrogens is 2. The van der Waals surface area contributed by atoms with Crippen molar-refractivity contribution in [1.82, 2.24) is 14.9 Å². The molecule has 220 valence electrons. The normalized spacial score (nSPS) is 11.9. The van der Waals surface area contributed by atoms with Crippen LogP contribution in [0.4, 0.5) is 0 Å². The summed E-state index contributed by atoms with van der Waals surface area (Å²) < 4.78 is 2.19. The minimum Gasteiger partial charge on any atom is -0.478 e. The van der Waals surface area contributed by atoms with Gasteiger partial charge in [-0.25, -0.2) is 9.78 Å². The van der Waals surface area contributed by atoms with Gasteiger partial charge >= 0.3 is 5.97 Å². The molecule has 43 heavy (non-hydrogen) atoms. The molecule has 0 aliphatic rings. The van der Waals surface area contributed by atoms with Crippen LogP contribution in [0.5, 0.6) is 0 Å². The molecule has 1 heterocycles. The van der Waals surface area contributed by atoms with Crippen LogP contribution in [0.25, 0.3) is 22.2 Å². The summed E-state index contributed by atoms with van der Waals surface area (Å²) in [7, 11) is 0. The van der Waals surface area contributed by atoms with Gasteiger partial charge in [-0.1, -0.05) is 73.1 Å². The van der Waals surface area contributed by atoms with E-state index in [2.05, 4.69) is 29.4 Å². The highest BCUT2D eigenvalue weighted by molar-refractivity contribution is 7.80. The summed E-state index contributed by atoms with van der Waals surface area (Å²) in [6.45, 7) is 4.69. The van der Waals surface area contributed by atoms with E-state index in [0.29, 0.717) is 34.9 Å². The van der Waals surface area contributed by atoms with Gasteiger partial charge in [0.1, 0.15) is 5.82 Å². The molecule has 8 heteroatoms. The lowest BCUT2D eigenvalue weighted by Crippen LogP contribution is -2.37. The van der Waals surface area contributed by atoms with Crippen LogP contribution in [0.15, 0.2) is 84.9 Å². The number of halogens is 1. The largest absolute Gasteiger partial charge is 0.478 e. The zero-order valence-corrected chi connectivity index (χ0v) is 25.8. The maximum Gasteiger partial charge on any atom is 0.336 e. The number of nitrogens with one attached hydrogen (secondary N) is 1. The van der Waals surface area contributed by atoms with Crippen molar-refractivity contribution >= 4 is 47.1 Å². The van der Waals surface area contributed by atoms with Crippen molar-refractivity contribution in [1.29, 1.82) is 0 Å². The third-order valence-corrected chi connectivity index (χ3v) is 8.27.